The van der Waals surface area contributed by atoms with Gasteiger partial charge in [-0.05, 0) is 54.7 Å². The molecule has 0 aliphatic carbocycles. The van der Waals surface area contributed by atoms with E-state index in [2.05, 4.69) is 31.9 Å². The molecule has 0 bridgehead atoms. The first-order valence-electron chi connectivity index (χ1n) is 8.30. The standard InChI is InChI=1S/C20H16BrN3O3S/c21-14-6-3-5-13(11-14)18(25)24-20(28)23-17-9-2-1-8-16(17)19(26)22-12-15-7-4-10-27-15/h1-11H,12H2,(H,22,26)(H2,23,24,25,28). The molecule has 2 aromatic carbocycles. The van der Waals surface area contributed by atoms with Crippen molar-refractivity contribution in [3.8, 4) is 0 Å². The number of rotatable bonds is 5. The van der Waals surface area contributed by atoms with Crippen molar-refractivity contribution in [3.05, 3.63) is 88.3 Å². The zero-order chi connectivity index (χ0) is 19.9. The van der Waals surface area contributed by atoms with Gasteiger partial charge in [0, 0.05) is 10.0 Å². The van der Waals surface area contributed by atoms with Crippen LogP contribution in [0.3, 0.4) is 0 Å². The number of para-hydroxylation sites is 1. The highest BCUT2D eigenvalue weighted by Crippen LogP contribution is 2.16. The number of hydrogen-bond acceptors (Lipinski definition) is 4. The zero-order valence-corrected chi connectivity index (χ0v) is 17.0. The van der Waals surface area contributed by atoms with Crippen molar-refractivity contribution >= 4 is 50.8 Å². The molecule has 1 aromatic heterocycles. The van der Waals surface area contributed by atoms with Crippen LogP contribution in [0.1, 0.15) is 26.5 Å². The third-order valence-electron chi connectivity index (χ3n) is 3.74. The molecule has 0 spiro atoms. The maximum Gasteiger partial charge on any atom is 0.257 e. The molecular weight excluding hydrogens is 442 g/mol. The molecule has 2 amide bonds. The smallest absolute Gasteiger partial charge is 0.257 e. The van der Waals surface area contributed by atoms with Crippen molar-refractivity contribution in [2.75, 3.05) is 5.32 Å². The molecule has 8 heteroatoms. The molecule has 0 atom stereocenters. The molecule has 0 aliphatic heterocycles. The minimum atomic E-state index is -0.349. The highest BCUT2D eigenvalue weighted by Gasteiger charge is 2.14. The summed E-state index contributed by atoms with van der Waals surface area (Å²) in [5.74, 6) is 0.00904. The van der Waals surface area contributed by atoms with E-state index in [-0.39, 0.29) is 23.5 Å². The van der Waals surface area contributed by atoms with E-state index in [1.165, 1.54) is 0 Å². The Morgan fingerprint density at radius 2 is 1.82 bits per heavy atom. The van der Waals surface area contributed by atoms with Gasteiger partial charge >= 0.3 is 0 Å². The van der Waals surface area contributed by atoms with E-state index in [1.54, 1.807) is 60.9 Å². The molecule has 0 radical (unpaired) electrons. The van der Waals surface area contributed by atoms with Crippen LogP contribution < -0.4 is 16.0 Å². The summed E-state index contributed by atoms with van der Waals surface area (Å²) in [7, 11) is 0. The first kappa shape index (κ1) is 19.8. The van der Waals surface area contributed by atoms with Gasteiger partial charge in [-0.25, -0.2) is 0 Å². The number of nitrogens with one attached hydrogen (secondary N) is 3. The first-order valence-corrected chi connectivity index (χ1v) is 9.50. The van der Waals surface area contributed by atoms with Crippen LogP contribution in [0.4, 0.5) is 5.69 Å². The van der Waals surface area contributed by atoms with Crippen molar-refractivity contribution in [3.63, 3.8) is 0 Å². The van der Waals surface area contributed by atoms with Gasteiger partial charge in [0.15, 0.2) is 5.11 Å². The van der Waals surface area contributed by atoms with Crippen LogP contribution in [0.2, 0.25) is 0 Å². The summed E-state index contributed by atoms with van der Waals surface area (Å²) >= 11 is 8.54. The summed E-state index contributed by atoms with van der Waals surface area (Å²) in [4.78, 5) is 24.8. The second-order valence-electron chi connectivity index (χ2n) is 5.73. The Morgan fingerprint density at radius 3 is 2.57 bits per heavy atom. The van der Waals surface area contributed by atoms with E-state index in [0.29, 0.717) is 22.6 Å². The van der Waals surface area contributed by atoms with Crippen molar-refractivity contribution in [1.82, 2.24) is 10.6 Å². The van der Waals surface area contributed by atoms with Gasteiger partial charge in [0.25, 0.3) is 11.8 Å². The molecule has 6 nitrogen and oxygen atoms in total. The fourth-order valence-electron chi connectivity index (χ4n) is 2.42. The monoisotopic (exact) mass is 457 g/mol. The number of halogens is 1. The number of benzene rings is 2. The van der Waals surface area contributed by atoms with Crippen LogP contribution in [-0.4, -0.2) is 16.9 Å². The molecule has 0 saturated carbocycles. The number of hydrogen-bond donors (Lipinski definition) is 3. The minimum Gasteiger partial charge on any atom is -0.467 e. The Labute approximate surface area is 175 Å². The summed E-state index contributed by atoms with van der Waals surface area (Å²) in [5, 5.41) is 8.38. The maximum atomic E-state index is 12.5. The summed E-state index contributed by atoms with van der Waals surface area (Å²) < 4.78 is 6.00. The van der Waals surface area contributed by atoms with Gasteiger partial charge in [-0.3, -0.25) is 14.9 Å². The van der Waals surface area contributed by atoms with Gasteiger partial charge < -0.3 is 15.1 Å². The SMILES string of the molecule is O=C(NC(=S)Nc1ccccc1C(=O)NCc1ccco1)c1cccc(Br)c1. The topological polar surface area (TPSA) is 83.4 Å². The molecule has 0 unspecified atom stereocenters. The summed E-state index contributed by atoms with van der Waals surface area (Å²) in [6, 6.07) is 17.4. The lowest BCUT2D eigenvalue weighted by molar-refractivity contribution is 0.0947. The fraction of sp³-hybridized carbons (Fsp3) is 0.0500. The molecule has 142 valence electrons. The molecule has 3 aromatic rings. The van der Waals surface area contributed by atoms with Crippen LogP contribution in [0.25, 0.3) is 0 Å². The molecule has 3 rings (SSSR count). The largest absolute Gasteiger partial charge is 0.467 e. The van der Waals surface area contributed by atoms with Crippen LogP contribution in [-0.2, 0) is 6.54 Å². The minimum absolute atomic E-state index is 0.0938. The Morgan fingerprint density at radius 1 is 1.00 bits per heavy atom. The lowest BCUT2D eigenvalue weighted by atomic mass is 10.1. The third kappa shape index (κ3) is 5.28. The Bertz CT molecular complexity index is 1010. The second-order valence-corrected chi connectivity index (χ2v) is 7.05. The average Bonchev–Trinajstić information content (AvgIpc) is 3.20. The summed E-state index contributed by atoms with van der Waals surface area (Å²) in [5.41, 5.74) is 1.34. The highest BCUT2D eigenvalue weighted by molar-refractivity contribution is 9.10. The fourth-order valence-corrected chi connectivity index (χ4v) is 3.03. The van der Waals surface area contributed by atoms with E-state index < -0.39 is 0 Å². The van der Waals surface area contributed by atoms with Crippen molar-refractivity contribution < 1.29 is 14.0 Å². The Hall–Kier alpha value is -2.97. The number of carbonyl (C=O) groups is 2. The number of anilines is 1. The lowest BCUT2D eigenvalue weighted by Gasteiger charge is -2.13. The molecule has 1 heterocycles. The van der Waals surface area contributed by atoms with Crippen molar-refractivity contribution in [2.24, 2.45) is 0 Å². The van der Waals surface area contributed by atoms with Gasteiger partial charge in [0.05, 0.1) is 24.1 Å². The van der Waals surface area contributed by atoms with E-state index in [4.69, 9.17) is 16.6 Å². The number of thiocarbonyl (C=S) groups is 1. The second kappa shape index (κ2) is 9.29. The van der Waals surface area contributed by atoms with E-state index in [9.17, 15) is 9.59 Å². The average molecular weight is 458 g/mol. The summed E-state index contributed by atoms with van der Waals surface area (Å²) in [6.45, 7) is 0.268. The summed E-state index contributed by atoms with van der Waals surface area (Å²) in [6.07, 6.45) is 1.55. The molecule has 28 heavy (non-hydrogen) atoms. The van der Waals surface area contributed by atoms with Crippen molar-refractivity contribution in [1.29, 1.82) is 0 Å². The third-order valence-corrected chi connectivity index (χ3v) is 4.43. The number of amides is 2. The molecule has 0 aliphatic rings. The zero-order valence-electron chi connectivity index (χ0n) is 14.6. The van der Waals surface area contributed by atoms with Gasteiger partial charge in [0.2, 0.25) is 0 Å². The molecule has 3 N–H and O–H groups in total. The molecule has 0 fully saturated rings. The highest BCUT2D eigenvalue weighted by atomic mass is 79.9. The van der Waals surface area contributed by atoms with Crippen LogP contribution in [0.5, 0.6) is 0 Å². The van der Waals surface area contributed by atoms with Gasteiger partial charge in [0.1, 0.15) is 5.76 Å². The lowest BCUT2D eigenvalue weighted by Crippen LogP contribution is -2.35. The number of furan rings is 1. The van der Waals surface area contributed by atoms with Crippen molar-refractivity contribution in [2.45, 2.75) is 6.54 Å². The predicted molar refractivity (Wildman–Crippen MR) is 114 cm³/mol. The Balaban J connectivity index is 1.64. The normalized spacial score (nSPS) is 10.2. The first-order chi connectivity index (χ1) is 13.5. The van der Waals surface area contributed by atoms with E-state index in [0.717, 1.165) is 4.47 Å². The molecular formula is C20H16BrN3O3S. The van der Waals surface area contributed by atoms with E-state index in [1.807, 2.05) is 6.07 Å². The Kier molecular flexibility index (Phi) is 6.57. The number of carbonyl (C=O) groups excluding carboxylic acids is 2. The molecule has 0 saturated heterocycles. The predicted octanol–water partition coefficient (Wildman–Crippen LogP) is 4.10. The van der Waals surface area contributed by atoms with E-state index >= 15 is 0 Å². The van der Waals surface area contributed by atoms with Crippen LogP contribution >= 0.6 is 28.1 Å². The van der Waals surface area contributed by atoms with Gasteiger partial charge in [-0.1, -0.05) is 34.1 Å². The van der Waals surface area contributed by atoms with Gasteiger partial charge in [-0.2, -0.15) is 0 Å². The van der Waals surface area contributed by atoms with Crippen LogP contribution in [0, 0.1) is 0 Å². The van der Waals surface area contributed by atoms with Crippen LogP contribution in [0.15, 0.2) is 75.8 Å². The quantitative estimate of drug-likeness (QED) is 0.502. The maximum absolute atomic E-state index is 12.5. The van der Waals surface area contributed by atoms with Gasteiger partial charge in [-0.15, -0.1) is 0 Å².